The lowest BCUT2D eigenvalue weighted by Gasteiger charge is -2.10. The molecule has 1 aliphatic carbocycles. The number of aromatic amines is 1. The quantitative estimate of drug-likeness (QED) is 0.646. The van der Waals surface area contributed by atoms with E-state index in [2.05, 4.69) is 9.97 Å². The van der Waals surface area contributed by atoms with Crippen molar-refractivity contribution in [2.24, 2.45) is 0 Å². The first-order chi connectivity index (χ1) is 9.74. The maximum Gasteiger partial charge on any atom is 0.133 e. The summed E-state index contributed by atoms with van der Waals surface area (Å²) in [5.41, 5.74) is 3.62. The molecule has 0 saturated carbocycles. The van der Waals surface area contributed by atoms with Crippen molar-refractivity contribution < 1.29 is 0 Å². The zero-order valence-corrected chi connectivity index (χ0v) is 12.9. The normalized spacial score (nSPS) is 14.7. The minimum Gasteiger partial charge on any atom is -0.347 e. The Morgan fingerprint density at radius 3 is 2.80 bits per heavy atom. The number of hydrogen-bond donors (Lipinski definition) is 1. The van der Waals surface area contributed by atoms with Crippen LogP contribution in [0.25, 0.3) is 0 Å². The standard InChI is InChI=1S/C16H17ClN2S/c17-13-8-5-4-6-11(13)10-15-18-14-9-3-1-2-7-12(14)16(20)19-15/h4-6,8H,1-3,7,9-10H2,(H,18,19,20). The van der Waals surface area contributed by atoms with E-state index in [9.17, 15) is 0 Å². The van der Waals surface area contributed by atoms with Crippen LogP contribution in [0, 0.1) is 4.64 Å². The van der Waals surface area contributed by atoms with Gasteiger partial charge in [0.25, 0.3) is 0 Å². The van der Waals surface area contributed by atoms with Crippen molar-refractivity contribution in [2.45, 2.75) is 38.5 Å². The molecular weight excluding hydrogens is 288 g/mol. The second kappa shape index (κ2) is 6.06. The Morgan fingerprint density at radius 1 is 1.15 bits per heavy atom. The molecule has 1 aliphatic rings. The van der Waals surface area contributed by atoms with Crippen molar-refractivity contribution in [3.05, 3.63) is 56.6 Å². The minimum absolute atomic E-state index is 0.705. The predicted octanol–water partition coefficient (Wildman–Crippen LogP) is 4.65. The molecule has 0 amide bonds. The van der Waals surface area contributed by atoms with Gasteiger partial charge in [-0.3, -0.25) is 0 Å². The van der Waals surface area contributed by atoms with Gasteiger partial charge in [0.15, 0.2) is 0 Å². The van der Waals surface area contributed by atoms with Gasteiger partial charge in [0.1, 0.15) is 10.5 Å². The smallest absolute Gasteiger partial charge is 0.133 e. The molecule has 0 aliphatic heterocycles. The molecule has 1 N–H and O–H groups in total. The number of nitrogens with one attached hydrogen (secondary N) is 1. The highest BCUT2D eigenvalue weighted by atomic mass is 35.5. The summed E-state index contributed by atoms with van der Waals surface area (Å²) in [4.78, 5) is 8.05. The van der Waals surface area contributed by atoms with Crippen LogP contribution in [0.4, 0.5) is 0 Å². The Labute approximate surface area is 129 Å². The van der Waals surface area contributed by atoms with Gasteiger partial charge in [0.05, 0.1) is 0 Å². The lowest BCUT2D eigenvalue weighted by atomic mass is 10.1. The minimum atomic E-state index is 0.705. The summed E-state index contributed by atoms with van der Waals surface area (Å²) in [6.45, 7) is 0. The van der Waals surface area contributed by atoms with E-state index in [-0.39, 0.29) is 0 Å². The van der Waals surface area contributed by atoms with Crippen LogP contribution in [0.5, 0.6) is 0 Å². The molecule has 0 saturated heterocycles. The van der Waals surface area contributed by atoms with Crippen molar-refractivity contribution in [3.8, 4) is 0 Å². The Morgan fingerprint density at radius 2 is 1.95 bits per heavy atom. The van der Waals surface area contributed by atoms with Gasteiger partial charge in [-0.05, 0) is 37.3 Å². The van der Waals surface area contributed by atoms with E-state index >= 15 is 0 Å². The molecule has 0 bridgehead atoms. The second-order valence-corrected chi connectivity index (χ2v) is 6.07. The molecule has 0 unspecified atom stereocenters. The summed E-state index contributed by atoms with van der Waals surface area (Å²) in [6, 6.07) is 7.89. The topological polar surface area (TPSA) is 28.7 Å². The van der Waals surface area contributed by atoms with Gasteiger partial charge in [-0.1, -0.05) is 48.4 Å². The monoisotopic (exact) mass is 304 g/mol. The van der Waals surface area contributed by atoms with Gasteiger partial charge in [-0.25, -0.2) is 4.98 Å². The molecule has 1 heterocycles. The van der Waals surface area contributed by atoms with E-state index in [0.717, 1.165) is 33.9 Å². The molecule has 4 heteroatoms. The zero-order valence-electron chi connectivity index (χ0n) is 11.3. The van der Waals surface area contributed by atoms with Crippen LogP contribution in [-0.4, -0.2) is 9.97 Å². The number of fused-ring (bicyclic) bond motifs is 1. The average Bonchev–Trinajstić information content (AvgIpc) is 2.67. The highest BCUT2D eigenvalue weighted by Crippen LogP contribution is 2.22. The van der Waals surface area contributed by atoms with Gasteiger partial charge < -0.3 is 4.98 Å². The Bertz CT molecular complexity index is 678. The predicted molar refractivity (Wildman–Crippen MR) is 84.9 cm³/mol. The van der Waals surface area contributed by atoms with Crippen LogP contribution in [0.3, 0.4) is 0 Å². The van der Waals surface area contributed by atoms with Gasteiger partial charge in [-0.2, -0.15) is 0 Å². The molecule has 0 atom stereocenters. The summed E-state index contributed by atoms with van der Waals surface area (Å²) >= 11 is 11.7. The fourth-order valence-corrected chi connectivity index (χ4v) is 3.29. The first-order valence-electron chi connectivity index (χ1n) is 7.08. The van der Waals surface area contributed by atoms with Crippen LogP contribution in [0.15, 0.2) is 24.3 Å². The molecule has 2 nitrogen and oxygen atoms in total. The average molecular weight is 305 g/mol. The Kier molecular flexibility index (Phi) is 4.18. The molecule has 1 aromatic heterocycles. The number of aryl methyl sites for hydroxylation is 1. The SMILES string of the molecule is S=c1nc(Cc2ccccc2Cl)[nH]c2c1CCCCC2. The van der Waals surface area contributed by atoms with Crippen molar-refractivity contribution in [1.82, 2.24) is 9.97 Å². The van der Waals surface area contributed by atoms with E-state index in [1.807, 2.05) is 24.3 Å². The molecule has 2 aromatic rings. The molecular formula is C16H17ClN2S. The zero-order chi connectivity index (χ0) is 13.9. The second-order valence-electron chi connectivity index (χ2n) is 5.27. The van der Waals surface area contributed by atoms with E-state index in [1.165, 1.54) is 30.5 Å². The highest BCUT2D eigenvalue weighted by molar-refractivity contribution is 7.71. The van der Waals surface area contributed by atoms with Crippen LogP contribution < -0.4 is 0 Å². The molecule has 0 fully saturated rings. The third-order valence-electron chi connectivity index (χ3n) is 3.82. The summed E-state index contributed by atoms with van der Waals surface area (Å²) in [6.07, 6.45) is 6.57. The molecule has 0 spiro atoms. The fourth-order valence-electron chi connectivity index (χ4n) is 2.75. The number of H-pyrrole nitrogens is 1. The summed E-state index contributed by atoms with van der Waals surface area (Å²) in [5.74, 6) is 0.920. The summed E-state index contributed by atoms with van der Waals surface area (Å²) < 4.78 is 0.766. The maximum absolute atomic E-state index is 6.22. The summed E-state index contributed by atoms with van der Waals surface area (Å²) in [7, 11) is 0. The molecule has 20 heavy (non-hydrogen) atoms. The summed E-state index contributed by atoms with van der Waals surface area (Å²) in [5, 5.41) is 0.781. The number of halogens is 1. The van der Waals surface area contributed by atoms with Crippen LogP contribution >= 0.6 is 23.8 Å². The fraction of sp³-hybridized carbons (Fsp3) is 0.375. The lowest BCUT2D eigenvalue weighted by Crippen LogP contribution is -2.05. The Balaban J connectivity index is 1.95. The molecule has 1 aromatic carbocycles. The largest absolute Gasteiger partial charge is 0.347 e. The lowest BCUT2D eigenvalue weighted by molar-refractivity contribution is 0.708. The van der Waals surface area contributed by atoms with Crippen molar-refractivity contribution >= 4 is 23.8 Å². The van der Waals surface area contributed by atoms with E-state index in [1.54, 1.807) is 0 Å². The number of rotatable bonds is 2. The number of hydrogen-bond acceptors (Lipinski definition) is 2. The first kappa shape index (κ1) is 13.8. The number of benzene rings is 1. The number of nitrogens with zero attached hydrogens (tertiary/aromatic N) is 1. The van der Waals surface area contributed by atoms with Crippen molar-refractivity contribution in [1.29, 1.82) is 0 Å². The van der Waals surface area contributed by atoms with Crippen molar-refractivity contribution in [2.75, 3.05) is 0 Å². The molecule has 3 rings (SSSR count). The van der Waals surface area contributed by atoms with E-state index < -0.39 is 0 Å². The maximum atomic E-state index is 6.22. The third-order valence-corrected chi connectivity index (χ3v) is 4.53. The van der Waals surface area contributed by atoms with Gasteiger partial charge in [0, 0.05) is 22.7 Å². The van der Waals surface area contributed by atoms with Gasteiger partial charge >= 0.3 is 0 Å². The number of aromatic nitrogens is 2. The third kappa shape index (κ3) is 2.94. The van der Waals surface area contributed by atoms with E-state index in [4.69, 9.17) is 23.8 Å². The van der Waals surface area contributed by atoms with Gasteiger partial charge in [0.2, 0.25) is 0 Å². The first-order valence-corrected chi connectivity index (χ1v) is 7.87. The van der Waals surface area contributed by atoms with Crippen LogP contribution in [0.1, 0.15) is 41.9 Å². The van der Waals surface area contributed by atoms with Crippen LogP contribution in [0.2, 0.25) is 5.02 Å². The highest BCUT2D eigenvalue weighted by Gasteiger charge is 2.12. The molecule has 104 valence electrons. The van der Waals surface area contributed by atoms with Crippen LogP contribution in [-0.2, 0) is 19.3 Å². The molecule has 0 radical (unpaired) electrons. The van der Waals surface area contributed by atoms with Gasteiger partial charge in [-0.15, -0.1) is 0 Å². The Hall–Kier alpha value is -1.19. The van der Waals surface area contributed by atoms with Crippen molar-refractivity contribution in [3.63, 3.8) is 0 Å². The van der Waals surface area contributed by atoms with E-state index in [0.29, 0.717) is 6.42 Å².